The van der Waals surface area contributed by atoms with Gasteiger partial charge in [0.15, 0.2) is 5.82 Å². The van der Waals surface area contributed by atoms with E-state index in [1.807, 2.05) is 0 Å². The number of pyridine rings is 1. The van der Waals surface area contributed by atoms with Crippen molar-refractivity contribution in [2.45, 2.75) is 0 Å². The Bertz CT molecular complexity index is 1110. The van der Waals surface area contributed by atoms with E-state index in [-0.39, 0.29) is 11.3 Å². The van der Waals surface area contributed by atoms with Gasteiger partial charge in [0.05, 0.1) is 16.8 Å². The average molecular weight is 351 g/mol. The Morgan fingerprint density at radius 3 is 2.73 bits per heavy atom. The Kier molecular flexibility index (Phi) is 3.85. The Morgan fingerprint density at radius 1 is 1.04 bits per heavy atom. The number of fused-ring (bicyclic) bond motifs is 1. The van der Waals surface area contributed by atoms with Crippen LogP contribution >= 0.6 is 0 Å². The Balaban J connectivity index is 1.65. The van der Waals surface area contributed by atoms with Crippen molar-refractivity contribution in [3.05, 3.63) is 72.2 Å². The molecule has 8 heteroatoms. The van der Waals surface area contributed by atoms with Crippen LogP contribution in [0.1, 0.15) is 10.4 Å². The molecule has 0 atom stereocenters. The van der Waals surface area contributed by atoms with E-state index >= 15 is 0 Å². The summed E-state index contributed by atoms with van der Waals surface area (Å²) in [6.45, 7) is 0. The van der Waals surface area contributed by atoms with Gasteiger partial charge in [0.25, 0.3) is 5.91 Å². The normalized spacial score (nSPS) is 10.8. The average Bonchev–Trinajstić information content (AvgIpc) is 3.17. The number of carbonyl (C=O) groups is 1. The maximum Gasteiger partial charge on any atom is 0.257 e. The summed E-state index contributed by atoms with van der Waals surface area (Å²) in [4.78, 5) is 20.6. The van der Waals surface area contributed by atoms with E-state index < -0.39 is 17.5 Å². The molecule has 0 bridgehead atoms. The first-order valence-corrected chi connectivity index (χ1v) is 7.62. The maximum absolute atomic E-state index is 14.1. The van der Waals surface area contributed by atoms with Gasteiger partial charge in [-0.25, -0.2) is 13.8 Å². The van der Waals surface area contributed by atoms with Gasteiger partial charge in [-0.1, -0.05) is 0 Å². The van der Waals surface area contributed by atoms with Crippen molar-refractivity contribution >= 4 is 22.5 Å². The van der Waals surface area contributed by atoms with E-state index in [2.05, 4.69) is 25.5 Å². The van der Waals surface area contributed by atoms with Crippen molar-refractivity contribution in [2.75, 3.05) is 5.32 Å². The molecule has 0 radical (unpaired) electrons. The molecule has 2 aromatic heterocycles. The highest BCUT2D eigenvalue weighted by molar-refractivity contribution is 6.06. The van der Waals surface area contributed by atoms with E-state index in [0.717, 1.165) is 0 Å². The molecule has 4 rings (SSSR count). The minimum absolute atomic E-state index is 0.0109. The van der Waals surface area contributed by atoms with Crippen LogP contribution in [0.15, 0.2) is 55.0 Å². The molecule has 0 unspecified atom stereocenters. The van der Waals surface area contributed by atoms with Gasteiger partial charge in [-0.05, 0) is 42.5 Å². The molecule has 2 aromatic carbocycles. The highest BCUT2D eigenvalue weighted by atomic mass is 19.1. The molecule has 0 aliphatic rings. The van der Waals surface area contributed by atoms with Crippen LogP contribution in [-0.2, 0) is 0 Å². The summed E-state index contributed by atoms with van der Waals surface area (Å²) in [7, 11) is 0. The molecule has 4 aromatic rings. The highest BCUT2D eigenvalue weighted by Crippen LogP contribution is 2.23. The zero-order valence-corrected chi connectivity index (χ0v) is 13.2. The number of aromatic amines is 1. The van der Waals surface area contributed by atoms with E-state index in [0.29, 0.717) is 22.3 Å². The van der Waals surface area contributed by atoms with Crippen molar-refractivity contribution in [3.8, 4) is 11.4 Å². The first-order valence-electron chi connectivity index (χ1n) is 7.62. The second-order valence-electron chi connectivity index (χ2n) is 5.54. The SMILES string of the molecule is O=C(Nc1cc(-c2ncn[nH]2)ccc1F)c1cnc2ccc(F)cc2c1. The summed E-state index contributed by atoms with van der Waals surface area (Å²) in [6.07, 6.45) is 2.69. The predicted molar refractivity (Wildman–Crippen MR) is 91.4 cm³/mol. The molecule has 2 heterocycles. The summed E-state index contributed by atoms with van der Waals surface area (Å²) < 4.78 is 27.4. The number of aromatic nitrogens is 4. The fourth-order valence-corrected chi connectivity index (χ4v) is 2.53. The number of rotatable bonds is 3. The van der Waals surface area contributed by atoms with E-state index in [4.69, 9.17) is 0 Å². The second-order valence-corrected chi connectivity index (χ2v) is 5.54. The van der Waals surface area contributed by atoms with Crippen LogP contribution < -0.4 is 5.32 Å². The van der Waals surface area contributed by atoms with Gasteiger partial charge in [-0.2, -0.15) is 5.10 Å². The van der Waals surface area contributed by atoms with E-state index in [9.17, 15) is 13.6 Å². The number of benzene rings is 2. The Morgan fingerprint density at radius 2 is 1.92 bits per heavy atom. The van der Waals surface area contributed by atoms with Crippen LogP contribution in [0.3, 0.4) is 0 Å². The van der Waals surface area contributed by atoms with Gasteiger partial charge < -0.3 is 5.32 Å². The molecule has 2 N–H and O–H groups in total. The highest BCUT2D eigenvalue weighted by Gasteiger charge is 2.13. The molecule has 6 nitrogen and oxygen atoms in total. The predicted octanol–water partition coefficient (Wildman–Crippen LogP) is 3.55. The molecule has 0 spiro atoms. The number of anilines is 1. The molecule has 0 saturated heterocycles. The minimum atomic E-state index is -0.596. The molecular formula is C18H11F2N5O. The van der Waals surface area contributed by atoms with Gasteiger partial charge in [0.1, 0.15) is 18.0 Å². The number of halogens is 2. The molecule has 0 fully saturated rings. The lowest BCUT2D eigenvalue weighted by Crippen LogP contribution is -2.13. The molecule has 26 heavy (non-hydrogen) atoms. The molecular weight excluding hydrogens is 340 g/mol. The summed E-state index contributed by atoms with van der Waals surface area (Å²) in [5, 5.41) is 9.39. The largest absolute Gasteiger partial charge is 0.319 e. The quantitative estimate of drug-likeness (QED) is 0.591. The number of nitrogens with zero attached hydrogens (tertiary/aromatic N) is 3. The van der Waals surface area contributed by atoms with Gasteiger partial charge >= 0.3 is 0 Å². The zero-order chi connectivity index (χ0) is 18.1. The number of nitrogens with one attached hydrogen (secondary N) is 2. The molecule has 128 valence electrons. The van der Waals surface area contributed by atoms with Crippen molar-refractivity contribution in [1.82, 2.24) is 20.2 Å². The fourth-order valence-electron chi connectivity index (χ4n) is 2.53. The van der Waals surface area contributed by atoms with Crippen molar-refractivity contribution in [2.24, 2.45) is 0 Å². The third-order valence-corrected chi connectivity index (χ3v) is 3.81. The van der Waals surface area contributed by atoms with E-state index in [1.165, 1.54) is 55.0 Å². The summed E-state index contributed by atoms with van der Waals surface area (Å²) in [6, 6.07) is 9.78. The lowest BCUT2D eigenvalue weighted by Gasteiger charge is -2.08. The molecule has 0 saturated carbocycles. The van der Waals surface area contributed by atoms with Crippen LogP contribution in [0.2, 0.25) is 0 Å². The van der Waals surface area contributed by atoms with Crippen LogP contribution in [0, 0.1) is 11.6 Å². The number of amides is 1. The summed E-state index contributed by atoms with van der Waals surface area (Å²) >= 11 is 0. The minimum Gasteiger partial charge on any atom is -0.319 e. The van der Waals surface area contributed by atoms with Crippen molar-refractivity contribution in [3.63, 3.8) is 0 Å². The summed E-state index contributed by atoms with van der Waals surface area (Å²) in [5.41, 5.74) is 1.30. The fraction of sp³-hybridized carbons (Fsp3) is 0. The molecule has 0 aliphatic heterocycles. The topological polar surface area (TPSA) is 83.6 Å². The monoisotopic (exact) mass is 351 g/mol. The van der Waals surface area contributed by atoms with Crippen LogP contribution in [0.4, 0.5) is 14.5 Å². The first kappa shape index (κ1) is 15.8. The van der Waals surface area contributed by atoms with Gasteiger partial charge in [0, 0.05) is 17.1 Å². The third kappa shape index (κ3) is 3.00. The van der Waals surface area contributed by atoms with E-state index in [1.54, 1.807) is 0 Å². The van der Waals surface area contributed by atoms with Crippen LogP contribution in [-0.4, -0.2) is 26.1 Å². The second kappa shape index (κ2) is 6.32. The maximum atomic E-state index is 14.1. The van der Waals surface area contributed by atoms with Crippen molar-refractivity contribution in [1.29, 1.82) is 0 Å². The Hall–Kier alpha value is -3.68. The standard InChI is InChI=1S/C18H11F2N5O/c19-13-2-4-15-11(6-13)5-12(8-21-15)18(26)24-16-7-10(1-3-14(16)20)17-22-9-23-25-17/h1-9H,(H,24,26)(H,22,23,25). The van der Waals surface area contributed by atoms with Crippen molar-refractivity contribution < 1.29 is 13.6 Å². The zero-order valence-electron chi connectivity index (χ0n) is 13.2. The number of carbonyl (C=O) groups excluding carboxylic acids is 1. The van der Waals surface area contributed by atoms with Gasteiger partial charge in [-0.15, -0.1) is 0 Å². The lowest BCUT2D eigenvalue weighted by molar-refractivity contribution is 0.102. The van der Waals surface area contributed by atoms with Crippen LogP contribution in [0.5, 0.6) is 0 Å². The smallest absolute Gasteiger partial charge is 0.257 e. The van der Waals surface area contributed by atoms with Gasteiger partial charge in [0.2, 0.25) is 0 Å². The molecule has 1 amide bonds. The third-order valence-electron chi connectivity index (χ3n) is 3.81. The number of H-pyrrole nitrogens is 1. The molecule has 0 aliphatic carbocycles. The lowest BCUT2D eigenvalue weighted by atomic mass is 10.1. The first-order chi connectivity index (χ1) is 12.6. The number of hydrogen-bond acceptors (Lipinski definition) is 4. The summed E-state index contributed by atoms with van der Waals surface area (Å²) in [5.74, 6) is -1.13. The van der Waals surface area contributed by atoms with Gasteiger partial charge in [-0.3, -0.25) is 14.9 Å². The Labute approximate surface area is 145 Å². The van der Waals surface area contributed by atoms with Crippen LogP contribution in [0.25, 0.3) is 22.3 Å². The number of hydrogen-bond donors (Lipinski definition) is 2.